The lowest BCUT2D eigenvalue weighted by atomic mass is 10.4. The lowest BCUT2D eigenvalue weighted by Gasteiger charge is -2.09. The SMILES string of the molecule is O=S(=O)(c1ccccc1)[C@@H]1CCSC1. The van der Waals surface area contributed by atoms with Gasteiger partial charge in [0.1, 0.15) is 0 Å². The summed E-state index contributed by atoms with van der Waals surface area (Å²) in [6.07, 6.45) is 0.794. The van der Waals surface area contributed by atoms with Gasteiger partial charge >= 0.3 is 0 Å². The average molecular weight is 228 g/mol. The Kier molecular flexibility index (Phi) is 2.83. The van der Waals surface area contributed by atoms with Gasteiger partial charge in [-0.05, 0) is 24.3 Å². The molecule has 0 unspecified atom stereocenters. The third-order valence-corrected chi connectivity index (χ3v) is 5.98. The van der Waals surface area contributed by atoms with Gasteiger partial charge in [-0.3, -0.25) is 0 Å². The van der Waals surface area contributed by atoms with E-state index in [-0.39, 0.29) is 5.25 Å². The Morgan fingerprint density at radius 1 is 1.21 bits per heavy atom. The normalized spacial score (nSPS) is 22.4. The average Bonchev–Trinajstić information content (AvgIpc) is 2.72. The zero-order valence-electron chi connectivity index (χ0n) is 7.72. The minimum absolute atomic E-state index is 0.171. The third kappa shape index (κ3) is 1.81. The molecule has 2 nitrogen and oxygen atoms in total. The Balaban J connectivity index is 2.33. The lowest BCUT2D eigenvalue weighted by Crippen LogP contribution is -2.20. The Labute approximate surface area is 88.6 Å². The van der Waals surface area contributed by atoms with Gasteiger partial charge in [0.05, 0.1) is 10.1 Å². The van der Waals surface area contributed by atoms with Gasteiger partial charge in [-0.1, -0.05) is 18.2 Å². The fraction of sp³-hybridized carbons (Fsp3) is 0.400. The molecule has 1 saturated heterocycles. The van der Waals surface area contributed by atoms with Gasteiger partial charge in [-0.25, -0.2) is 8.42 Å². The largest absolute Gasteiger partial charge is 0.223 e. The summed E-state index contributed by atoms with van der Waals surface area (Å²) >= 11 is 1.72. The standard InChI is InChI=1S/C10H12O2S2/c11-14(12,10-6-7-13-8-10)9-4-2-1-3-5-9/h1-5,10H,6-8H2/t10-/m1/s1. The minimum atomic E-state index is -3.06. The van der Waals surface area contributed by atoms with Crippen molar-refractivity contribution < 1.29 is 8.42 Å². The van der Waals surface area contributed by atoms with Crippen LogP contribution < -0.4 is 0 Å². The van der Waals surface area contributed by atoms with Crippen LogP contribution in [0.4, 0.5) is 0 Å². The molecule has 4 heteroatoms. The highest BCUT2D eigenvalue weighted by atomic mass is 32.2. The molecule has 0 aromatic heterocycles. The first-order chi connectivity index (χ1) is 6.71. The van der Waals surface area contributed by atoms with Crippen molar-refractivity contribution in [3.05, 3.63) is 30.3 Å². The molecule has 14 heavy (non-hydrogen) atoms. The molecule has 1 aliphatic heterocycles. The second-order valence-electron chi connectivity index (χ2n) is 3.34. The van der Waals surface area contributed by atoms with Crippen LogP contribution in [0.15, 0.2) is 35.2 Å². The molecule has 0 radical (unpaired) electrons. The second-order valence-corrected chi connectivity index (χ2v) is 6.72. The predicted octanol–water partition coefficient (Wildman–Crippen LogP) is 1.97. The smallest absolute Gasteiger partial charge is 0.182 e. The Hall–Kier alpha value is -0.480. The van der Waals surface area contributed by atoms with Crippen LogP contribution >= 0.6 is 11.8 Å². The summed E-state index contributed by atoms with van der Waals surface area (Å²) in [6, 6.07) is 8.74. The van der Waals surface area contributed by atoms with E-state index < -0.39 is 9.84 Å². The Morgan fingerprint density at radius 2 is 1.93 bits per heavy atom. The van der Waals surface area contributed by atoms with E-state index in [0.29, 0.717) is 4.90 Å². The highest BCUT2D eigenvalue weighted by Crippen LogP contribution is 2.27. The first-order valence-corrected chi connectivity index (χ1v) is 7.28. The van der Waals surface area contributed by atoms with Gasteiger partial charge in [0.25, 0.3) is 0 Å². The Bertz CT molecular complexity index is 391. The molecule has 1 aromatic rings. The van der Waals surface area contributed by atoms with Gasteiger partial charge in [0.2, 0.25) is 0 Å². The topological polar surface area (TPSA) is 34.1 Å². The molecule has 76 valence electrons. The molecule has 1 fully saturated rings. The molecule has 0 aliphatic carbocycles. The van der Waals surface area contributed by atoms with E-state index in [2.05, 4.69) is 0 Å². The van der Waals surface area contributed by atoms with Crippen LogP contribution in [0.3, 0.4) is 0 Å². The molecule has 0 saturated carbocycles. The van der Waals surface area contributed by atoms with Crippen LogP contribution in [0.5, 0.6) is 0 Å². The number of hydrogen-bond acceptors (Lipinski definition) is 3. The van der Waals surface area contributed by atoms with Crippen LogP contribution in [-0.2, 0) is 9.84 Å². The van der Waals surface area contributed by atoms with Crippen molar-refractivity contribution in [2.45, 2.75) is 16.6 Å². The summed E-state index contributed by atoms with van der Waals surface area (Å²) in [4.78, 5) is 0.465. The van der Waals surface area contributed by atoms with E-state index in [0.717, 1.165) is 17.9 Å². The van der Waals surface area contributed by atoms with Crippen LogP contribution in [0.1, 0.15) is 6.42 Å². The van der Waals surface area contributed by atoms with Crippen LogP contribution in [-0.4, -0.2) is 25.2 Å². The highest BCUT2D eigenvalue weighted by molar-refractivity contribution is 8.01. The summed E-state index contributed by atoms with van der Waals surface area (Å²) in [5.41, 5.74) is 0. The van der Waals surface area contributed by atoms with Gasteiger partial charge in [-0.15, -0.1) is 0 Å². The molecule has 0 amide bonds. The molecule has 1 atom stereocenters. The monoisotopic (exact) mass is 228 g/mol. The van der Waals surface area contributed by atoms with E-state index in [1.54, 1.807) is 36.0 Å². The second kappa shape index (κ2) is 3.95. The molecule has 2 rings (SSSR count). The summed E-state index contributed by atoms with van der Waals surface area (Å²) in [7, 11) is -3.06. The lowest BCUT2D eigenvalue weighted by molar-refractivity contribution is 0.584. The minimum Gasteiger partial charge on any atom is -0.223 e. The zero-order valence-corrected chi connectivity index (χ0v) is 9.35. The maximum atomic E-state index is 12.0. The molecular weight excluding hydrogens is 216 g/mol. The molecule has 0 N–H and O–H groups in total. The summed E-state index contributed by atoms with van der Waals surface area (Å²) < 4.78 is 24.0. The molecule has 0 spiro atoms. The molecule has 1 aromatic carbocycles. The molecule has 1 heterocycles. The van der Waals surface area contributed by atoms with Gasteiger partial charge in [0.15, 0.2) is 9.84 Å². The predicted molar refractivity (Wildman–Crippen MR) is 59.4 cm³/mol. The number of sulfone groups is 1. The number of benzene rings is 1. The molecule has 1 aliphatic rings. The van der Waals surface area contributed by atoms with Gasteiger partial charge < -0.3 is 0 Å². The van der Waals surface area contributed by atoms with Crippen molar-refractivity contribution in [1.29, 1.82) is 0 Å². The summed E-state index contributed by atoms with van der Waals surface area (Å²) in [5, 5.41) is -0.171. The van der Waals surface area contributed by atoms with E-state index in [4.69, 9.17) is 0 Å². The van der Waals surface area contributed by atoms with Crippen molar-refractivity contribution >= 4 is 21.6 Å². The van der Waals surface area contributed by atoms with E-state index >= 15 is 0 Å². The zero-order chi connectivity index (χ0) is 10.0. The summed E-state index contributed by atoms with van der Waals surface area (Å²) in [6.45, 7) is 0. The van der Waals surface area contributed by atoms with Crippen LogP contribution in [0.25, 0.3) is 0 Å². The number of rotatable bonds is 2. The number of thioether (sulfide) groups is 1. The quantitative estimate of drug-likeness (QED) is 0.776. The van der Waals surface area contributed by atoms with Gasteiger partial charge in [0, 0.05) is 5.75 Å². The van der Waals surface area contributed by atoms with Crippen LogP contribution in [0.2, 0.25) is 0 Å². The van der Waals surface area contributed by atoms with Crippen molar-refractivity contribution in [2.24, 2.45) is 0 Å². The summed E-state index contributed by atoms with van der Waals surface area (Å²) in [5.74, 6) is 1.72. The molecular formula is C10H12O2S2. The highest BCUT2D eigenvalue weighted by Gasteiger charge is 2.30. The number of hydrogen-bond donors (Lipinski definition) is 0. The Morgan fingerprint density at radius 3 is 2.50 bits per heavy atom. The van der Waals surface area contributed by atoms with Gasteiger partial charge in [-0.2, -0.15) is 11.8 Å². The first kappa shape index (κ1) is 10.1. The fourth-order valence-electron chi connectivity index (χ4n) is 1.56. The fourth-order valence-corrected chi connectivity index (χ4v) is 5.11. The first-order valence-electron chi connectivity index (χ1n) is 4.58. The van der Waals surface area contributed by atoms with Crippen molar-refractivity contribution in [1.82, 2.24) is 0 Å². The van der Waals surface area contributed by atoms with Crippen molar-refractivity contribution in [3.8, 4) is 0 Å². The van der Waals surface area contributed by atoms with E-state index in [9.17, 15) is 8.42 Å². The van der Waals surface area contributed by atoms with Crippen molar-refractivity contribution in [2.75, 3.05) is 11.5 Å². The van der Waals surface area contributed by atoms with E-state index in [1.165, 1.54) is 0 Å². The molecule has 0 bridgehead atoms. The van der Waals surface area contributed by atoms with Crippen molar-refractivity contribution in [3.63, 3.8) is 0 Å². The maximum absolute atomic E-state index is 12.0. The maximum Gasteiger partial charge on any atom is 0.182 e. The van der Waals surface area contributed by atoms with E-state index in [1.807, 2.05) is 6.07 Å². The third-order valence-electron chi connectivity index (χ3n) is 2.40. The van der Waals surface area contributed by atoms with Crippen LogP contribution in [0, 0.1) is 0 Å².